The number of carbonyl (C=O) groups excluding carboxylic acids is 2. The molecule has 280 valence electrons. The van der Waals surface area contributed by atoms with Crippen LogP contribution < -0.4 is 0 Å². The number of aliphatic carboxylic acids is 1. The smallest absolute Gasteiger partial charge is 0.362 e. The molecule has 0 aromatic rings. The Morgan fingerprint density at radius 3 is 1.58 bits per heavy atom. The molecular weight excluding hydrogens is 606 g/mol. The minimum Gasteiger partial charge on any atom is -0.477 e. The number of carboxylic acid groups (broad SMARTS) is 1. The molecule has 8 heteroatoms. The Morgan fingerprint density at radius 2 is 1.08 bits per heavy atom. The van der Waals surface area contributed by atoms with Crippen molar-refractivity contribution in [1.82, 2.24) is 0 Å². The minimum atomic E-state index is -0.878. The molecule has 0 aromatic carbocycles. The SMILES string of the molecule is CCC/C=C\CCCCCCCC(=O)OCC(COCCC(C(=O)O)[N+](C)(C)C)OC(=O)CCCCCCC/C=C\CCCCCCC. The Balaban J connectivity index is 4.43. The Labute approximate surface area is 294 Å². The van der Waals surface area contributed by atoms with E-state index in [2.05, 4.69) is 38.2 Å². The lowest BCUT2D eigenvalue weighted by atomic mass is 10.1. The normalized spacial score (nSPS) is 13.3. The first-order chi connectivity index (χ1) is 23.1. The number of quaternary nitrogens is 1. The molecule has 0 heterocycles. The van der Waals surface area contributed by atoms with Crippen LogP contribution in [0.2, 0.25) is 0 Å². The van der Waals surface area contributed by atoms with Gasteiger partial charge in [0.25, 0.3) is 0 Å². The summed E-state index contributed by atoms with van der Waals surface area (Å²) < 4.78 is 17.2. The fraction of sp³-hybridized carbons (Fsp3) is 0.825. The zero-order chi connectivity index (χ0) is 35.7. The molecular formula is C40H74NO7+. The summed E-state index contributed by atoms with van der Waals surface area (Å²) in [6.45, 7) is 4.63. The van der Waals surface area contributed by atoms with Crippen molar-refractivity contribution in [1.29, 1.82) is 0 Å². The monoisotopic (exact) mass is 681 g/mol. The summed E-state index contributed by atoms with van der Waals surface area (Å²) in [7, 11) is 5.51. The Morgan fingerprint density at radius 1 is 0.604 bits per heavy atom. The number of hydrogen-bond donors (Lipinski definition) is 1. The summed E-state index contributed by atoms with van der Waals surface area (Å²) in [5.41, 5.74) is 0. The van der Waals surface area contributed by atoms with Gasteiger partial charge in [0.05, 0.1) is 34.4 Å². The number of allylic oxidation sites excluding steroid dienone is 4. The van der Waals surface area contributed by atoms with E-state index in [-0.39, 0.29) is 36.2 Å². The number of carbonyl (C=O) groups is 3. The van der Waals surface area contributed by atoms with Gasteiger partial charge in [-0.15, -0.1) is 0 Å². The van der Waals surface area contributed by atoms with Crippen LogP contribution in [0.3, 0.4) is 0 Å². The van der Waals surface area contributed by atoms with Gasteiger partial charge in [0.15, 0.2) is 12.1 Å². The van der Waals surface area contributed by atoms with Gasteiger partial charge in [-0.2, -0.15) is 0 Å². The lowest BCUT2D eigenvalue weighted by molar-refractivity contribution is -0.887. The molecule has 0 radical (unpaired) electrons. The second-order valence-electron chi connectivity index (χ2n) is 14.2. The van der Waals surface area contributed by atoms with Crippen LogP contribution in [0.5, 0.6) is 0 Å². The first kappa shape index (κ1) is 45.8. The number of hydrogen-bond acceptors (Lipinski definition) is 6. The maximum Gasteiger partial charge on any atom is 0.362 e. The van der Waals surface area contributed by atoms with E-state index < -0.39 is 18.1 Å². The average molecular weight is 681 g/mol. The molecule has 0 aromatic heterocycles. The molecule has 1 N–H and O–H groups in total. The fourth-order valence-electron chi connectivity index (χ4n) is 5.50. The van der Waals surface area contributed by atoms with E-state index in [0.717, 1.165) is 70.6 Å². The predicted molar refractivity (Wildman–Crippen MR) is 197 cm³/mol. The molecule has 0 aliphatic carbocycles. The number of rotatable bonds is 34. The molecule has 0 aliphatic rings. The molecule has 2 atom stereocenters. The van der Waals surface area contributed by atoms with E-state index in [1.165, 1.54) is 57.8 Å². The summed E-state index contributed by atoms with van der Waals surface area (Å²) >= 11 is 0. The van der Waals surface area contributed by atoms with Gasteiger partial charge in [-0.1, -0.05) is 109 Å². The van der Waals surface area contributed by atoms with Crippen LogP contribution in [0.25, 0.3) is 0 Å². The molecule has 0 fully saturated rings. The summed E-state index contributed by atoms with van der Waals surface area (Å²) in [6.07, 6.45) is 32.2. The summed E-state index contributed by atoms with van der Waals surface area (Å²) in [4.78, 5) is 36.7. The van der Waals surface area contributed by atoms with Gasteiger partial charge < -0.3 is 23.8 Å². The summed E-state index contributed by atoms with van der Waals surface area (Å²) in [5, 5.41) is 9.57. The Kier molecular flexibility index (Phi) is 30.6. The first-order valence-electron chi connectivity index (χ1n) is 19.4. The second-order valence-corrected chi connectivity index (χ2v) is 14.2. The van der Waals surface area contributed by atoms with Crippen LogP contribution in [-0.4, -0.2) is 80.6 Å². The van der Waals surface area contributed by atoms with E-state index in [9.17, 15) is 19.5 Å². The maximum atomic E-state index is 12.6. The molecule has 0 rings (SSSR count). The fourth-order valence-corrected chi connectivity index (χ4v) is 5.50. The topological polar surface area (TPSA) is 99.1 Å². The molecule has 48 heavy (non-hydrogen) atoms. The number of nitrogens with zero attached hydrogens (tertiary/aromatic N) is 1. The molecule has 8 nitrogen and oxygen atoms in total. The van der Waals surface area contributed by atoms with Crippen LogP contribution in [0.4, 0.5) is 0 Å². The number of likely N-dealkylation sites (N-methyl/N-ethyl adjacent to an activating group) is 1. The van der Waals surface area contributed by atoms with E-state index in [4.69, 9.17) is 14.2 Å². The van der Waals surface area contributed by atoms with Crippen LogP contribution in [0.15, 0.2) is 24.3 Å². The van der Waals surface area contributed by atoms with E-state index in [1.54, 1.807) is 0 Å². The van der Waals surface area contributed by atoms with Crippen LogP contribution >= 0.6 is 0 Å². The average Bonchev–Trinajstić information content (AvgIpc) is 3.03. The highest BCUT2D eigenvalue weighted by atomic mass is 16.6. The van der Waals surface area contributed by atoms with Crippen molar-refractivity contribution in [3.05, 3.63) is 24.3 Å². The standard InChI is InChI=1S/C40H73NO7/c1-6-8-10-12-14-16-18-19-20-21-23-25-27-29-31-39(43)48-36(34-46-33-32-37(40(44)45)41(3,4)5)35-47-38(42)30-28-26-24-22-17-15-13-11-9-7-2/h11,13,18-19,36-37H,6-10,12,14-17,20-35H2,1-5H3/p+1/b13-11-,19-18-. The molecule has 0 spiro atoms. The number of esters is 2. The molecule has 0 aliphatic heterocycles. The quantitative estimate of drug-likeness (QED) is 0.0313. The van der Waals surface area contributed by atoms with Crippen LogP contribution in [-0.2, 0) is 28.6 Å². The highest BCUT2D eigenvalue weighted by molar-refractivity contribution is 5.72. The van der Waals surface area contributed by atoms with Gasteiger partial charge in [-0.25, -0.2) is 4.79 Å². The molecule has 2 unspecified atom stereocenters. The van der Waals surface area contributed by atoms with Crippen LogP contribution in [0, 0.1) is 0 Å². The lowest BCUT2D eigenvalue weighted by Gasteiger charge is -2.31. The zero-order valence-corrected chi connectivity index (χ0v) is 31.7. The highest BCUT2D eigenvalue weighted by Gasteiger charge is 2.31. The van der Waals surface area contributed by atoms with Crippen molar-refractivity contribution in [2.24, 2.45) is 0 Å². The summed E-state index contributed by atoms with van der Waals surface area (Å²) in [5.74, 6) is -1.49. The Hall–Kier alpha value is -2.19. The Bertz CT molecular complexity index is 849. The highest BCUT2D eigenvalue weighted by Crippen LogP contribution is 2.13. The third kappa shape index (κ3) is 29.9. The maximum absolute atomic E-state index is 12.6. The van der Waals surface area contributed by atoms with Crippen molar-refractivity contribution in [2.75, 3.05) is 41.0 Å². The largest absolute Gasteiger partial charge is 0.477 e. The minimum absolute atomic E-state index is 0.0569. The van der Waals surface area contributed by atoms with Crippen molar-refractivity contribution in [3.63, 3.8) is 0 Å². The van der Waals surface area contributed by atoms with Crippen LogP contribution in [0.1, 0.15) is 162 Å². The van der Waals surface area contributed by atoms with Gasteiger partial charge in [0.1, 0.15) is 6.61 Å². The van der Waals surface area contributed by atoms with E-state index in [1.807, 2.05) is 21.1 Å². The second kappa shape index (κ2) is 32.0. The van der Waals surface area contributed by atoms with Gasteiger partial charge in [0.2, 0.25) is 0 Å². The lowest BCUT2D eigenvalue weighted by Crippen LogP contribution is -2.50. The first-order valence-corrected chi connectivity index (χ1v) is 19.4. The third-order valence-electron chi connectivity index (χ3n) is 8.55. The van der Waals surface area contributed by atoms with E-state index in [0.29, 0.717) is 19.3 Å². The van der Waals surface area contributed by atoms with E-state index >= 15 is 0 Å². The predicted octanol–water partition coefficient (Wildman–Crippen LogP) is 9.74. The molecule has 0 saturated heterocycles. The number of unbranched alkanes of at least 4 members (excludes halogenated alkanes) is 16. The van der Waals surface area contributed by atoms with Crippen molar-refractivity contribution in [2.45, 2.75) is 174 Å². The molecule has 0 bridgehead atoms. The van der Waals surface area contributed by atoms with Crippen molar-refractivity contribution >= 4 is 17.9 Å². The van der Waals surface area contributed by atoms with Gasteiger partial charge in [-0.3, -0.25) is 9.59 Å². The van der Waals surface area contributed by atoms with Gasteiger partial charge in [0, 0.05) is 19.3 Å². The number of carboxylic acids is 1. The van der Waals surface area contributed by atoms with Gasteiger partial charge >= 0.3 is 17.9 Å². The molecule has 0 amide bonds. The van der Waals surface area contributed by atoms with Crippen molar-refractivity contribution in [3.8, 4) is 0 Å². The summed E-state index contributed by atoms with van der Waals surface area (Å²) in [6, 6.07) is -0.613. The van der Waals surface area contributed by atoms with Gasteiger partial charge in [-0.05, 0) is 57.8 Å². The molecule has 0 saturated carbocycles. The third-order valence-corrected chi connectivity index (χ3v) is 8.55. The number of ether oxygens (including phenoxy) is 3. The zero-order valence-electron chi connectivity index (χ0n) is 31.7. The van der Waals surface area contributed by atoms with Crippen molar-refractivity contribution < 1.29 is 38.2 Å².